The lowest BCUT2D eigenvalue weighted by Crippen LogP contribution is -2.27. The molecule has 0 radical (unpaired) electrons. The molecule has 2 rings (SSSR count). The van der Waals surface area contributed by atoms with Crippen molar-refractivity contribution in [2.24, 2.45) is 5.41 Å². The van der Waals surface area contributed by atoms with Gasteiger partial charge in [0.1, 0.15) is 5.75 Å². The lowest BCUT2D eigenvalue weighted by atomic mass is 9.69. The molecule has 4 heteroatoms. The van der Waals surface area contributed by atoms with E-state index in [2.05, 4.69) is 51.1 Å². The van der Waals surface area contributed by atoms with Crippen molar-refractivity contribution >= 4 is 17.5 Å². The summed E-state index contributed by atoms with van der Waals surface area (Å²) in [6, 6.07) is 12.7. The van der Waals surface area contributed by atoms with E-state index in [9.17, 15) is 9.59 Å². The van der Waals surface area contributed by atoms with E-state index in [-0.39, 0.29) is 17.4 Å². The Morgan fingerprint density at radius 2 is 1.44 bits per heavy atom. The largest absolute Gasteiger partial charge is 0.466 e. The molecule has 0 aromatic heterocycles. The highest BCUT2D eigenvalue weighted by molar-refractivity contribution is 5.91. The van der Waals surface area contributed by atoms with E-state index >= 15 is 0 Å². The first kappa shape index (κ1) is 27.4. The van der Waals surface area contributed by atoms with Crippen molar-refractivity contribution in [3.8, 4) is 5.75 Å². The number of carbonyl (C=O) groups is 2. The first-order valence-corrected chi connectivity index (χ1v) is 12.2. The van der Waals surface area contributed by atoms with Gasteiger partial charge in [0.2, 0.25) is 0 Å². The molecule has 0 aliphatic rings. The van der Waals surface area contributed by atoms with Crippen molar-refractivity contribution in [3.63, 3.8) is 0 Å². The van der Waals surface area contributed by atoms with Crippen molar-refractivity contribution in [3.05, 3.63) is 70.3 Å². The average molecular weight is 465 g/mol. The van der Waals surface area contributed by atoms with E-state index in [4.69, 9.17) is 9.47 Å². The predicted molar refractivity (Wildman–Crippen MR) is 139 cm³/mol. The Labute approximate surface area is 205 Å². The summed E-state index contributed by atoms with van der Waals surface area (Å²) < 4.78 is 10.5. The maximum Gasteiger partial charge on any atom is 0.330 e. The number of allylic oxidation sites excluding steroid dienone is 1. The molecule has 0 spiro atoms. The number of carbonyl (C=O) groups excluding carboxylic acids is 2. The second-order valence-electron chi connectivity index (χ2n) is 9.98. The fourth-order valence-electron chi connectivity index (χ4n) is 4.44. The second kappa shape index (κ2) is 11.0. The van der Waals surface area contributed by atoms with Crippen molar-refractivity contribution in [1.29, 1.82) is 0 Å². The molecule has 0 saturated heterocycles. The second-order valence-corrected chi connectivity index (χ2v) is 9.98. The molecule has 0 bridgehead atoms. The van der Waals surface area contributed by atoms with Gasteiger partial charge in [-0.3, -0.25) is 4.79 Å². The molecule has 0 heterocycles. The molecule has 4 nitrogen and oxygen atoms in total. The molecule has 2 aromatic carbocycles. The molecule has 184 valence electrons. The van der Waals surface area contributed by atoms with Crippen LogP contribution in [0.4, 0.5) is 0 Å². The Kier molecular flexibility index (Phi) is 8.88. The zero-order valence-electron chi connectivity index (χ0n) is 22.3. The van der Waals surface area contributed by atoms with Crippen molar-refractivity contribution in [1.82, 2.24) is 0 Å². The highest BCUT2D eigenvalue weighted by Crippen LogP contribution is 2.41. The third kappa shape index (κ3) is 5.78. The van der Waals surface area contributed by atoms with Gasteiger partial charge in [0.25, 0.3) is 0 Å². The molecule has 2 aromatic rings. The van der Waals surface area contributed by atoms with Gasteiger partial charge in [0.15, 0.2) is 0 Å². The first-order valence-electron chi connectivity index (χ1n) is 12.2. The van der Waals surface area contributed by atoms with Crippen molar-refractivity contribution in [2.45, 2.75) is 80.1 Å². The van der Waals surface area contributed by atoms with Gasteiger partial charge in [0, 0.05) is 11.5 Å². The number of esters is 2. The van der Waals surface area contributed by atoms with Crippen LogP contribution in [-0.2, 0) is 19.7 Å². The van der Waals surface area contributed by atoms with Crippen LogP contribution < -0.4 is 4.74 Å². The zero-order valence-corrected chi connectivity index (χ0v) is 22.3. The lowest BCUT2D eigenvalue weighted by molar-refractivity contribution is -0.143. The van der Waals surface area contributed by atoms with Crippen LogP contribution in [0.2, 0.25) is 0 Å². The van der Waals surface area contributed by atoms with Gasteiger partial charge in [-0.05, 0) is 93.3 Å². The zero-order chi connectivity index (χ0) is 25.7. The topological polar surface area (TPSA) is 52.6 Å². The number of hydrogen-bond donors (Lipinski definition) is 0. The average Bonchev–Trinajstić information content (AvgIpc) is 2.79. The maximum atomic E-state index is 12.4. The summed E-state index contributed by atoms with van der Waals surface area (Å²) in [7, 11) is 1.40. The van der Waals surface area contributed by atoms with Gasteiger partial charge in [0.05, 0.1) is 12.5 Å². The number of ether oxygens (including phenoxy) is 2. The molecular weight excluding hydrogens is 424 g/mol. The van der Waals surface area contributed by atoms with E-state index in [1.165, 1.54) is 18.2 Å². The molecule has 34 heavy (non-hydrogen) atoms. The van der Waals surface area contributed by atoms with Crippen LogP contribution in [0.5, 0.6) is 5.75 Å². The van der Waals surface area contributed by atoms with E-state index in [1.54, 1.807) is 6.08 Å². The molecule has 0 aliphatic heterocycles. The van der Waals surface area contributed by atoms with Crippen LogP contribution in [0.15, 0.2) is 42.5 Å². The molecule has 0 amide bonds. The van der Waals surface area contributed by atoms with Crippen LogP contribution in [0, 0.1) is 19.3 Å². The minimum Gasteiger partial charge on any atom is -0.466 e. The Morgan fingerprint density at radius 1 is 0.882 bits per heavy atom. The first-order chi connectivity index (χ1) is 15.9. The van der Waals surface area contributed by atoms with Crippen LogP contribution in [-0.4, -0.2) is 19.0 Å². The number of methoxy groups -OCH3 is 1. The van der Waals surface area contributed by atoms with Gasteiger partial charge in [-0.1, -0.05) is 51.1 Å². The van der Waals surface area contributed by atoms with Crippen LogP contribution in [0.1, 0.15) is 88.6 Å². The highest BCUT2D eigenvalue weighted by Gasteiger charge is 2.32. The van der Waals surface area contributed by atoms with E-state index in [0.29, 0.717) is 5.75 Å². The number of benzene rings is 2. The Morgan fingerprint density at radius 3 is 1.88 bits per heavy atom. The minimum atomic E-state index is -0.555. The van der Waals surface area contributed by atoms with Gasteiger partial charge < -0.3 is 9.47 Å². The van der Waals surface area contributed by atoms with Gasteiger partial charge in [-0.2, -0.15) is 0 Å². The van der Waals surface area contributed by atoms with Gasteiger partial charge in [-0.25, -0.2) is 4.79 Å². The maximum absolute atomic E-state index is 12.4. The standard InChI is InChI=1S/C30H40O4/c1-10-22(19-27(31)33-9)25-15-13-23(17-20(25)4)30(11-2,12-3)24-14-16-26(21(5)18-24)34-28(32)29(6,7)8/h13-19H,10-12H2,1-9H3/b22-19-. The van der Waals surface area contributed by atoms with Crippen LogP contribution >= 0.6 is 0 Å². The molecule has 0 unspecified atom stereocenters. The fraction of sp³-hybridized carbons (Fsp3) is 0.467. The summed E-state index contributed by atoms with van der Waals surface area (Å²) in [6.07, 6.45) is 4.19. The van der Waals surface area contributed by atoms with Crippen molar-refractivity contribution in [2.75, 3.05) is 7.11 Å². The summed E-state index contributed by atoms with van der Waals surface area (Å²) in [5.41, 5.74) is 5.84. The van der Waals surface area contributed by atoms with Gasteiger partial charge in [-0.15, -0.1) is 0 Å². The Balaban J connectivity index is 2.52. The molecule has 0 N–H and O–H groups in total. The predicted octanol–water partition coefficient (Wildman–Crippen LogP) is 7.33. The van der Waals surface area contributed by atoms with Crippen LogP contribution in [0.3, 0.4) is 0 Å². The third-order valence-corrected chi connectivity index (χ3v) is 6.75. The monoisotopic (exact) mass is 464 g/mol. The summed E-state index contributed by atoms with van der Waals surface area (Å²) in [4.78, 5) is 24.2. The smallest absolute Gasteiger partial charge is 0.330 e. The molecule has 0 saturated carbocycles. The lowest BCUT2D eigenvalue weighted by Gasteiger charge is -2.34. The minimum absolute atomic E-state index is 0.168. The summed E-state index contributed by atoms with van der Waals surface area (Å²) in [6.45, 7) is 16.1. The fourth-order valence-corrected chi connectivity index (χ4v) is 4.44. The summed E-state index contributed by atoms with van der Waals surface area (Å²) in [5.74, 6) is 0.0370. The molecule has 0 fully saturated rings. The van der Waals surface area contributed by atoms with Gasteiger partial charge >= 0.3 is 11.9 Å². The van der Waals surface area contributed by atoms with E-state index in [0.717, 1.165) is 41.5 Å². The number of aryl methyl sites for hydroxylation is 2. The Hall–Kier alpha value is -2.88. The quantitative estimate of drug-likeness (QED) is 0.233. The number of rotatable bonds is 8. The summed E-state index contributed by atoms with van der Waals surface area (Å²) >= 11 is 0. The highest BCUT2D eigenvalue weighted by atomic mass is 16.5. The molecule has 0 atom stereocenters. The van der Waals surface area contributed by atoms with Crippen molar-refractivity contribution < 1.29 is 19.1 Å². The summed E-state index contributed by atoms with van der Waals surface area (Å²) in [5, 5.41) is 0. The SMILES string of the molecule is CC/C(=C/C(=O)OC)c1ccc(C(CC)(CC)c2ccc(OC(=O)C(C)(C)C)c(C)c2)cc1C. The molecular formula is C30H40O4. The number of hydrogen-bond acceptors (Lipinski definition) is 4. The normalized spacial score (nSPS) is 12.4. The van der Waals surface area contributed by atoms with Crippen LogP contribution in [0.25, 0.3) is 5.57 Å². The Bertz CT molecular complexity index is 1070. The third-order valence-electron chi connectivity index (χ3n) is 6.75. The van der Waals surface area contributed by atoms with E-state index < -0.39 is 5.41 Å². The molecule has 0 aliphatic carbocycles. The van der Waals surface area contributed by atoms with E-state index in [1.807, 2.05) is 40.7 Å².